The number of nitrogens with one attached hydrogen (secondary N) is 1. The second-order valence-corrected chi connectivity index (χ2v) is 5.03. The minimum absolute atomic E-state index is 0.0732. The number of nitrogens with zero attached hydrogens (tertiary/aromatic N) is 1. The van der Waals surface area contributed by atoms with Gasteiger partial charge in [-0.15, -0.1) is 0 Å². The number of rotatable bonds is 3. The van der Waals surface area contributed by atoms with Crippen molar-refractivity contribution in [3.05, 3.63) is 68.2 Å². The number of amides is 1. The molecule has 0 atom stereocenters. The van der Waals surface area contributed by atoms with Gasteiger partial charge in [-0.25, -0.2) is 0 Å². The van der Waals surface area contributed by atoms with Crippen molar-refractivity contribution in [3.8, 4) is 0 Å². The Balaban J connectivity index is 2.30. The van der Waals surface area contributed by atoms with E-state index in [-0.39, 0.29) is 16.3 Å². The Bertz CT molecular complexity index is 729. The Morgan fingerprint density at radius 3 is 2.52 bits per heavy atom. The van der Waals surface area contributed by atoms with E-state index in [1.54, 1.807) is 6.07 Å². The van der Waals surface area contributed by atoms with Gasteiger partial charge in [0.25, 0.3) is 11.6 Å². The van der Waals surface area contributed by atoms with Crippen LogP contribution in [0.2, 0.25) is 5.02 Å². The fourth-order valence-electron chi connectivity index (χ4n) is 1.85. The van der Waals surface area contributed by atoms with Crippen LogP contribution in [0.4, 0.5) is 11.4 Å². The van der Waals surface area contributed by atoms with Crippen LogP contribution in [0.15, 0.2) is 36.4 Å². The second-order valence-electron chi connectivity index (χ2n) is 4.65. The van der Waals surface area contributed by atoms with Crippen molar-refractivity contribution in [1.29, 1.82) is 0 Å². The van der Waals surface area contributed by atoms with Gasteiger partial charge in [0, 0.05) is 11.8 Å². The van der Waals surface area contributed by atoms with Crippen molar-refractivity contribution < 1.29 is 9.72 Å². The molecule has 1 N–H and O–H groups in total. The van der Waals surface area contributed by atoms with Crippen LogP contribution in [-0.2, 0) is 0 Å². The quantitative estimate of drug-likeness (QED) is 0.685. The number of hydrogen-bond donors (Lipinski definition) is 1. The molecule has 0 aliphatic heterocycles. The number of hydrogen-bond acceptors (Lipinski definition) is 3. The van der Waals surface area contributed by atoms with Crippen molar-refractivity contribution in [3.63, 3.8) is 0 Å². The molecule has 0 saturated heterocycles. The maximum Gasteiger partial charge on any atom is 0.288 e. The van der Waals surface area contributed by atoms with Crippen LogP contribution in [0.3, 0.4) is 0 Å². The zero-order valence-electron chi connectivity index (χ0n) is 11.5. The summed E-state index contributed by atoms with van der Waals surface area (Å²) in [5.41, 5.74) is 2.55. The van der Waals surface area contributed by atoms with E-state index in [0.29, 0.717) is 5.69 Å². The fraction of sp³-hybridized carbons (Fsp3) is 0.133. The van der Waals surface area contributed by atoms with Gasteiger partial charge in [-0.05, 0) is 43.2 Å². The highest BCUT2D eigenvalue weighted by Gasteiger charge is 2.19. The van der Waals surface area contributed by atoms with Gasteiger partial charge in [-0.1, -0.05) is 23.7 Å². The van der Waals surface area contributed by atoms with Gasteiger partial charge in [0.15, 0.2) is 0 Å². The molecule has 0 unspecified atom stereocenters. The molecule has 1 amide bonds. The minimum atomic E-state index is -0.616. The molecule has 0 saturated carbocycles. The van der Waals surface area contributed by atoms with Crippen molar-refractivity contribution in [2.75, 3.05) is 5.32 Å². The van der Waals surface area contributed by atoms with Gasteiger partial charge < -0.3 is 5.32 Å². The third kappa shape index (κ3) is 3.20. The Kier molecular flexibility index (Phi) is 4.23. The van der Waals surface area contributed by atoms with Crippen LogP contribution < -0.4 is 5.32 Å². The Hall–Kier alpha value is -2.40. The normalized spacial score (nSPS) is 10.2. The second kappa shape index (κ2) is 5.93. The van der Waals surface area contributed by atoms with Gasteiger partial charge in [-0.3, -0.25) is 14.9 Å². The number of halogens is 1. The topological polar surface area (TPSA) is 72.2 Å². The van der Waals surface area contributed by atoms with E-state index >= 15 is 0 Å². The van der Waals surface area contributed by atoms with E-state index in [4.69, 9.17) is 11.6 Å². The summed E-state index contributed by atoms with van der Waals surface area (Å²) in [6, 6.07) is 9.63. The molecule has 0 aromatic heterocycles. The summed E-state index contributed by atoms with van der Waals surface area (Å²) >= 11 is 5.92. The number of nitro groups is 1. The van der Waals surface area contributed by atoms with E-state index < -0.39 is 10.8 Å². The van der Waals surface area contributed by atoms with Gasteiger partial charge in [0.1, 0.15) is 5.02 Å². The summed E-state index contributed by atoms with van der Waals surface area (Å²) in [4.78, 5) is 22.4. The van der Waals surface area contributed by atoms with Crippen LogP contribution in [-0.4, -0.2) is 10.8 Å². The predicted octanol–water partition coefficient (Wildman–Crippen LogP) is 4.12. The standard InChI is InChI=1S/C15H13ClN2O3/c1-9-6-7-11(8-10(9)2)17-15(19)12-4-3-5-13(14(12)16)18(20)21/h3-8H,1-2H3,(H,17,19). The summed E-state index contributed by atoms with van der Waals surface area (Å²) in [6.07, 6.45) is 0. The Labute approximate surface area is 126 Å². The number of nitro benzene ring substituents is 1. The fourth-order valence-corrected chi connectivity index (χ4v) is 2.13. The van der Waals surface area contributed by atoms with E-state index in [1.165, 1.54) is 18.2 Å². The van der Waals surface area contributed by atoms with Crippen LogP contribution in [0, 0.1) is 24.0 Å². The lowest BCUT2D eigenvalue weighted by Crippen LogP contribution is -2.13. The first-order chi connectivity index (χ1) is 9.90. The third-order valence-electron chi connectivity index (χ3n) is 3.18. The lowest BCUT2D eigenvalue weighted by molar-refractivity contribution is -0.384. The van der Waals surface area contributed by atoms with Gasteiger partial charge >= 0.3 is 0 Å². The summed E-state index contributed by atoms with van der Waals surface area (Å²) in [7, 11) is 0. The number of aryl methyl sites for hydroxylation is 2. The van der Waals surface area contributed by atoms with Crippen molar-refractivity contribution in [2.45, 2.75) is 13.8 Å². The van der Waals surface area contributed by atoms with Crippen LogP contribution >= 0.6 is 11.6 Å². The third-order valence-corrected chi connectivity index (χ3v) is 3.58. The monoisotopic (exact) mass is 304 g/mol. The largest absolute Gasteiger partial charge is 0.322 e. The molecule has 5 nitrogen and oxygen atoms in total. The minimum Gasteiger partial charge on any atom is -0.322 e. The average molecular weight is 305 g/mol. The number of benzene rings is 2. The summed E-state index contributed by atoms with van der Waals surface area (Å²) < 4.78 is 0. The summed E-state index contributed by atoms with van der Waals surface area (Å²) in [6.45, 7) is 3.91. The lowest BCUT2D eigenvalue weighted by atomic mass is 10.1. The highest BCUT2D eigenvalue weighted by molar-refractivity contribution is 6.36. The molecule has 2 aromatic carbocycles. The van der Waals surface area contributed by atoms with E-state index in [2.05, 4.69) is 5.32 Å². The van der Waals surface area contributed by atoms with Crippen molar-refractivity contribution in [1.82, 2.24) is 0 Å². The molecule has 6 heteroatoms. The molecular formula is C15H13ClN2O3. The molecule has 0 bridgehead atoms. The summed E-state index contributed by atoms with van der Waals surface area (Å²) in [5, 5.41) is 13.4. The molecular weight excluding hydrogens is 292 g/mol. The molecule has 0 radical (unpaired) electrons. The zero-order valence-corrected chi connectivity index (χ0v) is 12.3. The molecule has 108 valence electrons. The molecule has 2 aromatic rings. The van der Waals surface area contributed by atoms with E-state index in [1.807, 2.05) is 26.0 Å². The first kappa shape index (κ1) is 15.0. The number of carbonyl (C=O) groups is 1. The summed E-state index contributed by atoms with van der Waals surface area (Å²) in [5.74, 6) is -0.480. The molecule has 0 spiro atoms. The Morgan fingerprint density at radius 1 is 1.19 bits per heavy atom. The van der Waals surface area contributed by atoms with Gasteiger partial charge in [0.05, 0.1) is 10.5 Å². The maximum absolute atomic E-state index is 12.2. The maximum atomic E-state index is 12.2. The van der Waals surface area contributed by atoms with Crippen LogP contribution in [0.5, 0.6) is 0 Å². The average Bonchev–Trinajstić information content (AvgIpc) is 2.42. The molecule has 0 fully saturated rings. The van der Waals surface area contributed by atoms with E-state index in [9.17, 15) is 14.9 Å². The highest BCUT2D eigenvalue weighted by atomic mass is 35.5. The predicted molar refractivity (Wildman–Crippen MR) is 82.0 cm³/mol. The van der Waals surface area contributed by atoms with Crippen molar-refractivity contribution >= 4 is 28.9 Å². The molecule has 21 heavy (non-hydrogen) atoms. The van der Waals surface area contributed by atoms with Crippen LogP contribution in [0.1, 0.15) is 21.5 Å². The smallest absolute Gasteiger partial charge is 0.288 e. The first-order valence-corrected chi connectivity index (χ1v) is 6.59. The number of anilines is 1. The zero-order chi connectivity index (χ0) is 15.6. The van der Waals surface area contributed by atoms with Gasteiger partial charge in [-0.2, -0.15) is 0 Å². The van der Waals surface area contributed by atoms with E-state index in [0.717, 1.165) is 11.1 Å². The molecule has 0 heterocycles. The number of carbonyl (C=O) groups excluding carboxylic acids is 1. The van der Waals surface area contributed by atoms with Crippen molar-refractivity contribution in [2.24, 2.45) is 0 Å². The molecule has 2 rings (SSSR count). The Morgan fingerprint density at radius 2 is 1.90 bits per heavy atom. The highest BCUT2D eigenvalue weighted by Crippen LogP contribution is 2.28. The SMILES string of the molecule is Cc1ccc(NC(=O)c2cccc([N+](=O)[O-])c2Cl)cc1C. The van der Waals surface area contributed by atoms with Crippen LogP contribution in [0.25, 0.3) is 0 Å². The lowest BCUT2D eigenvalue weighted by Gasteiger charge is -2.08. The van der Waals surface area contributed by atoms with Gasteiger partial charge in [0.2, 0.25) is 0 Å². The first-order valence-electron chi connectivity index (χ1n) is 6.21. The molecule has 0 aliphatic carbocycles. The molecule has 0 aliphatic rings.